The molecule has 0 unspecified atom stereocenters. The van der Waals surface area contributed by atoms with Crippen molar-refractivity contribution in [2.24, 2.45) is 0 Å². The summed E-state index contributed by atoms with van der Waals surface area (Å²) >= 11 is 0. The Morgan fingerprint density at radius 3 is 2.55 bits per heavy atom. The molecule has 6 heteroatoms. The minimum Gasteiger partial charge on any atom is -0.494 e. The second kappa shape index (κ2) is 8.38. The molecule has 0 saturated heterocycles. The maximum Gasteiger partial charge on any atom is 0.226 e. The summed E-state index contributed by atoms with van der Waals surface area (Å²) in [5.74, 6) is 0.489. The van der Waals surface area contributed by atoms with Gasteiger partial charge in [-0.1, -0.05) is 13.0 Å². The normalized spacial score (nSPS) is 15.4. The summed E-state index contributed by atoms with van der Waals surface area (Å²) in [6.45, 7) is 8.66. The van der Waals surface area contributed by atoms with Crippen LogP contribution in [0.4, 0.5) is 5.82 Å². The Morgan fingerprint density at radius 2 is 1.87 bits per heavy atom. The Bertz CT molecular complexity index is 1150. The van der Waals surface area contributed by atoms with Crippen LogP contribution in [0.15, 0.2) is 42.5 Å². The second-order valence-electron chi connectivity index (χ2n) is 8.07. The Labute approximate surface area is 182 Å². The standard InChI is InChI=1S/C25H27N3O3/c1-5-12-31-20-10-7-18(8-11-20)24(30)21-14-22(29)26-25-23(21)17(4)27-28(25)19-9-6-15(2)16(3)13-19/h6-11,13,21H,5,12,14H2,1-4H3,(H,26,29)/t21-/m1/s1. The molecule has 1 N–H and O–H groups in total. The number of nitrogens with zero attached hydrogens (tertiary/aromatic N) is 2. The lowest BCUT2D eigenvalue weighted by atomic mass is 9.85. The van der Waals surface area contributed by atoms with Crippen molar-refractivity contribution in [2.75, 3.05) is 11.9 Å². The zero-order valence-corrected chi connectivity index (χ0v) is 18.4. The highest BCUT2D eigenvalue weighted by molar-refractivity contribution is 6.08. The van der Waals surface area contributed by atoms with E-state index in [0.29, 0.717) is 18.0 Å². The molecule has 1 aliphatic rings. The quantitative estimate of drug-likeness (QED) is 0.579. The lowest BCUT2D eigenvalue weighted by Gasteiger charge is -2.23. The molecule has 0 aliphatic carbocycles. The van der Waals surface area contributed by atoms with Crippen molar-refractivity contribution in [3.8, 4) is 11.4 Å². The highest BCUT2D eigenvalue weighted by atomic mass is 16.5. The van der Waals surface area contributed by atoms with Gasteiger partial charge in [0.15, 0.2) is 5.78 Å². The number of carbonyl (C=O) groups excluding carboxylic acids is 2. The van der Waals surface area contributed by atoms with Crippen LogP contribution in [-0.2, 0) is 4.79 Å². The second-order valence-corrected chi connectivity index (χ2v) is 8.07. The smallest absolute Gasteiger partial charge is 0.226 e. The van der Waals surface area contributed by atoms with Gasteiger partial charge in [-0.25, -0.2) is 4.68 Å². The van der Waals surface area contributed by atoms with Crippen molar-refractivity contribution in [3.05, 3.63) is 70.4 Å². The number of rotatable bonds is 6. The van der Waals surface area contributed by atoms with Crippen molar-refractivity contribution >= 4 is 17.5 Å². The lowest BCUT2D eigenvalue weighted by molar-refractivity contribution is -0.116. The van der Waals surface area contributed by atoms with Gasteiger partial charge in [0.1, 0.15) is 11.6 Å². The largest absolute Gasteiger partial charge is 0.494 e. The van der Waals surface area contributed by atoms with E-state index in [0.717, 1.165) is 34.7 Å². The van der Waals surface area contributed by atoms with Gasteiger partial charge in [0.25, 0.3) is 0 Å². The van der Waals surface area contributed by atoms with Crippen LogP contribution in [0.5, 0.6) is 5.75 Å². The molecule has 0 bridgehead atoms. The average Bonchev–Trinajstić information content (AvgIpc) is 3.09. The highest BCUT2D eigenvalue weighted by Gasteiger charge is 2.36. The molecule has 160 valence electrons. The van der Waals surface area contributed by atoms with Gasteiger partial charge in [-0.3, -0.25) is 9.59 Å². The molecule has 1 aromatic heterocycles. The molecule has 31 heavy (non-hydrogen) atoms. The number of anilines is 1. The molecule has 2 aromatic carbocycles. The molecular weight excluding hydrogens is 390 g/mol. The zero-order valence-electron chi connectivity index (χ0n) is 18.4. The maximum absolute atomic E-state index is 13.4. The number of nitrogens with one attached hydrogen (secondary N) is 1. The van der Waals surface area contributed by atoms with Gasteiger partial charge < -0.3 is 10.1 Å². The first-order chi connectivity index (χ1) is 14.9. The van der Waals surface area contributed by atoms with Crippen molar-refractivity contribution in [2.45, 2.75) is 46.5 Å². The Balaban J connectivity index is 1.70. The molecule has 0 spiro atoms. The molecule has 4 rings (SSSR count). The van der Waals surface area contributed by atoms with Crippen LogP contribution >= 0.6 is 0 Å². The first kappa shape index (κ1) is 20.8. The molecular formula is C25H27N3O3. The SMILES string of the molecule is CCCOc1ccc(C(=O)[C@@H]2CC(=O)Nc3c2c(C)nn3-c2ccc(C)c(C)c2)cc1. The van der Waals surface area contributed by atoms with Crippen molar-refractivity contribution in [1.29, 1.82) is 0 Å². The van der Waals surface area contributed by atoms with E-state index in [2.05, 4.69) is 17.3 Å². The van der Waals surface area contributed by atoms with Gasteiger partial charge in [-0.15, -0.1) is 0 Å². The van der Waals surface area contributed by atoms with E-state index in [-0.39, 0.29) is 18.1 Å². The molecule has 2 heterocycles. The van der Waals surface area contributed by atoms with E-state index >= 15 is 0 Å². The number of Topliss-reactive ketones (excluding diaryl/α,β-unsaturated/α-hetero) is 1. The number of hydrogen-bond acceptors (Lipinski definition) is 4. The number of amides is 1. The number of hydrogen-bond donors (Lipinski definition) is 1. The van der Waals surface area contributed by atoms with Crippen molar-refractivity contribution in [3.63, 3.8) is 0 Å². The van der Waals surface area contributed by atoms with Gasteiger partial charge in [0.2, 0.25) is 5.91 Å². The summed E-state index contributed by atoms with van der Waals surface area (Å²) < 4.78 is 7.34. The molecule has 6 nitrogen and oxygen atoms in total. The predicted octanol–water partition coefficient (Wildman–Crippen LogP) is 4.90. The van der Waals surface area contributed by atoms with Crippen LogP contribution in [0.1, 0.15) is 58.4 Å². The highest BCUT2D eigenvalue weighted by Crippen LogP contribution is 2.38. The third-order valence-electron chi connectivity index (χ3n) is 5.77. The van der Waals surface area contributed by atoms with Crippen LogP contribution in [-0.4, -0.2) is 28.1 Å². The first-order valence-electron chi connectivity index (χ1n) is 10.6. The van der Waals surface area contributed by atoms with E-state index in [1.807, 2.05) is 39.0 Å². The molecule has 0 saturated carbocycles. The summed E-state index contributed by atoms with van der Waals surface area (Å²) in [6.07, 6.45) is 1.03. The summed E-state index contributed by atoms with van der Waals surface area (Å²) in [6, 6.07) is 13.2. The van der Waals surface area contributed by atoms with E-state index in [1.54, 1.807) is 28.9 Å². The minimum absolute atomic E-state index is 0.0825. The Kier molecular flexibility index (Phi) is 5.63. The summed E-state index contributed by atoms with van der Waals surface area (Å²) in [7, 11) is 0. The topological polar surface area (TPSA) is 73.2 Å². The Hall–Kier alpha value is -3.41. The maximum atomic E-state index is 13.4. The number of aryl methyl sites for hydroxylation is 3. The zero-order chi connectivity index (χ0) is 22.1. The molecule has 1 amide bonds. The van der Waals surface area contributed by atoms with E-state index in [4.69, 9.17) is 4.74 Å². The third-order valence-corrected chi connectivity index (χ3v) is 5.77. The van der Waals surface area contributed by atoms with E-state index in [1.165, 1.54) is 5.56 Å². The molecule has 0 radical (unpaired) electrons. The summed E-state index contributed by atoms with van der Waals surface area (Å²) in [5, 5.41) is 7.61. The molecule has 1 atom stereocenters. The Morgan fingerprint density at radius 1 is 1.13 bits per heavy atom. The number of ketones is 1. The first-order valence-corrected chi connectivity index (χ1v) is 10.6. The fourth-order valence-electron chi connectivity index (χ4n) is 3.95. The van der Waals surface area contributed by atoms with Gasteiger partial charge in [-0.2, -0.15) is 5.10 Å². The van der Waals surface area contributed by atoms with Crippen LogP contribution in [0.2, 0.25) is 0 Å². The predicted molar refractivity (Wildman–Crippen MR) is 120 cm³/mol. The lowest BCUT2D eigenvalue weighted by Crippen LogP contribution is -2.28. The van der Waals surface area contributed by atoms with Gasteiger partial charge in [0.05, 0.1) is 23.9 Å². The van der Waals surface area contributed by atoms with Crippen LogP contribution in [0.3, 0.4) is 0 Å². The third kappa shape index (κ3) is 3.98. The van der Waals surface area contributed by atoms with Gasteiger partial charge in [0, 0.05) is 17.5 Å². The number of aromatic nitrogens is 2. The summed E-state index contributed by atoms with van der Waals surface area (Å²) in [5.41, 5.74) is 5.28. The number of benzene rings is 2. The van der Waals surface area contributed by atoms with Gasteiger partial charge in [-0.05, 0) is 74.7 Å². The van der Waals surface area contributed by atoms with Crippen LogP contribution in [0.25, 0.3) is 5.69 Å². The fourth-order valence-corrected chi connectivity index (χ4v) is 3.95. The number of carbonyl (C=O) groups is 2. The van der Waals surface area contributed by atoms with Crippen LogP contribution < -0.4 is 10.1 Å². The van der Waals surface area contributed by atoms with Crippen LogP contribution in [0, 0.1) is 20.8 Å². The number of ether oxygens (including phenoxy) is 1. The number of fused-ring (bicyclic) bond motifs is 1. The van der Waals surface area contributed by atoms with Crippen molar-refractivity contribution in [1.82, 2.24) is 9.78 Å². The fraction of sp³-hybridized carbons (Fsp3) is 0.320. The van der Waals surface area contributed by atoms with Crippen molar-refractivity contribution < 1.29 is 14.3 Å². The minimum atomic E-state index is -0.563. The van der Waals surface area contributed by atoms with Gasteiger partial charge >= 0.3 is 0 Å². The monoisotopic (exact) mass is 417 g/mol. The molecule has 3 aromatic rings. The summed E-state index contributed by atoms with van der Waals surface area (Å²) in [4.78, 5) is 25.9. The molecule has 0 fully saturated rings. The van der Waals surface area contributed by atoms with E-state index in [9.17, 15) is 9.59 Å². The average molecular weight is 418 g/mol. The van der Waals surface area contributed by atoms with E-state index < -0.39 is 5.92 Å². The molecule has 1 aliphatic heterocycles.